The summed E-state index contributed by atoms with van der Waals surface area (Å²) < 4.78 is 12.4. The molecular weight excluding hydrogens is 360 g/mol. The third kappa shape index (κ3) is 4.05. The van der Waals surface area contributed by atoms with E-state index in [9.17, 15) is 0 Å². The minimum Gasteiger partial charge on any atom is -0.381 e. The van der Waals surface area contributed by atoms with Crippen LogP contribution in [0.15, 0.2) is 28.7 Å². The average Bonchev–Trinajstić information content (AvgIpc) is 2.40. The Hall–Kier alpha value is 0.1000. The van der Waals surface area contributed by atoms with Gasteiger partial charge in [0.25, 0.3) is 0 Å². The van der Waals surface area contributed by atoms with Crippen LogP contribution >= 0.6 is 31.9 Å². The Morgan fingerprint density at radius 2 is 2.06 bits per heavy atom. The van der Waals surface area contributed by atoms with Gasteiger partial charge in [-0.1, -0.05) is 44.0 Å². The number of hydrogen-bond acceptors (Lipinski definition) is 2. The van der Waals surface area contributed by atoms with Crippen LogP contribution in [0.1, 0.15) is 18.4 Å². The highest BCUT2D eigenvalue weighted by Crippen LogP contribution is 2.33. The number of ether oxygens (including phenoxy) is 2. The highest BCUT2D eigenvalue weighted by atomic mass is 79.9. The van der Waals surface area contributed by atoms with Crippen LogP contribution in [-0.2, 0) is 16.1 Å². The highest BCUT2D eigenvalue weighted by molar-refractivity contribution is 9.10. The van der Waals surface area contributed by atoms with E-state index in [-0.39, 0.29) is 5.41 Å². The summed E-state index contributed by atoms with van der Waals surface area (Å²) in [6.07, 6.45) is 2.16. The topological polar surface area (TPSA) is 18.5 Å². The molecule has 0 spiro atoms. The molecule has 0 aromatic heterocycles. The summed E-state index contributed by atoms with van der Waals surface area (Å²) in [6, 6.07) is 8.26. The van der Waals surface area contributed by atoms with Gasteiger partial charge in [-0.2, -0.15) is 0 Å². The van der Waals surface area contributed by atoms with Crippen molar-refractivity contribution >= 4 is 31.9 Å². The Labute approximate surface area is 125 Å². The van der Waals surface area contributed by atoms with E-state index >= 15 is 0 Å². The molecular formula is C14H18Br2O2. The first-order chi connectivity index (χ1) is 8.74. The van der Waals surface area contributed by atoms with Crippen molar-refractivity contribution in [2.24, 2.45) is 5.41 Å². The Morgan fingerprint density at radius 3 is 2.72 bits per heavy atom. The average molecular weight is 378 g/mol. The standard InChI is InChI=1S/C14H18Br2O2/c15-10-14(4-6-17-7-5-14)11-18-9-12-2-1-3-13(16)8-12/h1-3,8H,4-7,9-11H2. The van der Waals surface area contributed by atoms with Crippen LogP contribution in [0.25, 0.3) is 0 Å². The maximum atomic E-state index is 5.90. The maximum absolute atomic E-state index is 5.90. The van der Waals surface area contributed by atoms with Crippen LogP contribution in [-0.4, -0.2) is 25.2 Å². The lowest BCUT2D eigenvalue weighted by molar-refractivity contribution is -0.0311. The maximum Gasteiger partial charge on any atom is 0.0717 e. The van der Waals surface area contributed by atoms with E-state index in [1.165, 1.54) is 5.56 Å². The summed E-state index contributed by atoms with van der Waals surface area (Å²) in [7, 11) is 0. The second-order valence-electron chi connectivity index (χ2n) is 4.87. The SMILES string of the molecule is BrCC1(COCc2cccc(Br)c2)CCOCC1. The van der Waals surface area contributed by atoms with Gasteiger partial charge in [0.15, 0.2) is 0 Å². The zero-order valence-electron chi connectivity index (χ0n) is 10.3. The molecule has 0 saturated carbocycles. The first kappa shape index (κ1) is 14.5. The largest absolute Gasteiger partial charge is 0.381 e. The van der Waals surface area contributed by atoms with Crippen molar-refractivity contribution < 1.29 is 9.47 Å². The molecule has 1 aliphatic rings. The van der Waals surface area contributed by atoms with Crippen LogP contribution in [0, 0.1) is 5.41 Å². The summed E-state index contributed by atoms with van der Waals surface area (Å²) >= 11 is 7.10. The molecule has 0 bridgehead atoms. The fourth-order valence-electron chi connectivity index (χ4n) is 2.13. The fraction of sp³-hybridized carbons (Fsp3) is 0.571. The van der Waals surface area contributed by atoms with Gasteiger partial charge < -0.3 is 9.47 Å². The van der Waals surface area contributed by atoms with E-state index in [4.69, 9.17) is 9.47 Å². The molecule has 1 heterocycles. The molecule has 0 atom stereocenters. The minimum absolute atomic E-state index is 0.254. The number of benzene rings is 1. The molecule has 1 aromatic carbocycles. The van der Waals surface area contributed by atoms with Crippen molar-refractivity contribution in [3.63, 3.8) is 0 Å². The van der Waals surface area contributed by atoms with E-state index in [1.54, 1.807) is 0 Å². The Bertz CT molecular complexity index is 376. The Morgan fingerprint density at radius 1 is 1.28 bits per heavy atom. The van der Waals surface area contributed by atoms with Crippen LogP contribution in [0.2, 0.25) is 0 Å². The fourth-order valence-corrected chi connectivity index (χ4v) is 3.30. The van der Waals surface area contributed by atoms with Crippen LogP contribution in [0.5, 0.6) is 0 Å². The molecule has 4 heteroatoms. The molecule has 0 radical (unpaired) electrons. The lowest BCUT2D eigenvalue weighted by Crippen LogP contribution is -2.35. The number of halogens is 2. The molecule has 18 heavy (non-hydrogen) atoms. The van der Waals surface area contributed by atoms with Crippen LogP contribution in [0.4, 0.5) is 0 Å². The predicted molar refractivity (Wildman–Crippen MR) is 80.1 cm³/mol. The molecule has 0 amide bonds. The summed E-state index contributed by atoms with van der Waals surface area (Å²) in [4.78, 5) is 0. The predicted octanol–water partition coefficient (Wildman–Crippen LogP) is 4.16. The number of hydrogen-bond donors (Lipinski definition) is 0. The van der Waals surface area contributed by atoms with Crippen molar-refractivity contribution in [1.29, 1.82) is 0 Å². The van der Waals surface area contributed by atoms with Gasteiger partial charge in [-0.15, -0.1) is 0 Å². The van der Waals surface area contributed by atoms with Crippen molar-refractivity contribution in [3.05, 3.63) is 34.3 Å². The second kappa shape index (κ2) is 7.04. The smallest absolute Gasteiger partial charge is 0.0717 e. The summed E-state index contributed by atoms with van der Waals surface area (Å²) in [6.45, 7) is 3.18. The third-order valence-corrected chi connectivity index (χ3v) is 5.09. The molecule has 0 aliphatic carbocycles. The van der Waals surface area contributed by atoms with Crippen LogP contribution in [0.3, 0.4) is 0 Å². The monoisotopic (exact) mass is 376 g/mol. The number of alkyl halides is 1. The van der Waals surface area contributed by atoms with E-state index in [0.717, 1.165) is 42.5 Å². The van der Waals surface area contributed by atoms with Gasteiger partial charge in [-0.25, -0.2) is 0 Å². The Balaban J connectivity index is 1.83. The molecule has 2 nitrogen and oxygen atoms in total. The molecule has 1 aliphatic heterocycles. The molecule has 1 saturated heterocycles. The van der Waals surface area contributed by atoms with Crippen molar-refractivity contribution in [1.82, 2.24) is 0 Å². The van der Waals surface area contributed by atoms with Gasteiger partial charge in [0.05, 0.1) is 13.2 Å². The molecule has 100 valence electrons. The van der Waals surface area contributed by atoms with Gasteiger partial charge >= 0.3 is 0 Å². The summed E-state index contributed by atoms with van der Waals surface area (Å²) in [5, 5.41) is 0.988. The first-order valence-electron chi connectivity index (χ1n) is 6.20. The van der Waals surface area contributed by atoms with Crippen molar-refractivity contribution in [3.8, 4) is 0 Å². The van der Waals surface area contributed by atoms with E-state index < -0.39 is 0 Å². The summed E-state index contributed by atoms with van der Waals surface area (Å²) in [5.41, 5.74) is 1.46. The first-order valence-corrected chi connectivity index (χ1v) is 8.11. The lowest BCUT2D eigenvalue weighted by Gasteiger charge is -2.35. The van der Waals surface area contributed by atoms with Gasteiger partial charge in [0.1, 0.15) is 0 Å². The van der Waals surface area contributed by atoms with Crippen molar-refractivity contribution in [2.45, 2.75) is 19.4 Å². The molecule has 0 unspecified atom stereocenters. The second-order valence-corrected chi connectivity index (χ2v) is 6.35. The summed E-state index contributed by atoms with van der Waals surface area (Å²) in [5.74, 6) is 0. The molecule has 1 fully saturated rings. The quantitative estimate of drug-likeness (QED) is 0.717. The zero-order chi connectivity index (χ0) is 12.8. The van der Waals surface area contributed by atoms with Gasteiger partial charge in [0.2, 0.25) is 0 Å². The van der Waals surface area contributed by atoms with Crippen LogP contribution < -0.4 is 0 Å². The van der Waals surface area contributed by atoms with E-state index in [2.05, 4.69) is 44.0 Å². The lowest BCUT2D eigenvalue weighted by atomic mass is 9.83. The molecule has 0 N–H and O–H groups in total. The normalized spacial score (nSPS) is 18.8. The van der Waals surface area contributed by atoms with Gasteiger partial charge in [-0.05, 0) is 30.5 Å². The van der Waals surface area contributed by atoms with E-state index in [0.29, 0.717) is 6.61 Å². The highest BCUT2D eigenvalue weighted by Gasteiger charge is 2.31. The number of rotatable bonds is 5. The zero-order valence-corrected chi connectivity index (χ0v) is 13.5. The van der Waals surface area contributed by atoms with Gasteiger partial charge in [0, 0.05) is 28.4 Å². The van der Waals surface area contributed by atoms with Gasteiger partial charge in [-0.3, -0.25) is 0 Å². The molecule has 2 rings (SSSR count). The van der Waals surface area contributed by atoms with Crippen molar-refractivity contribution in [2.75, 3.05) is 25.2 Å². The Kier molecular flexibility index (Phi) is 5.67. The van der Waals surface area contributed by atoms with E-state index in [1.807, 2.05) is 12.1 Å². The third-order valence-electron chi connectivity index (χ3n) is 3.40. The minimum atomic E-state index is 0.254. The molecule has 1 aromatic rings.